The van der Waals surface area contributed by atoms with Crippen LogP contribution >= 0.6 is 0 Å². The van der Waals surface area contributed by atoms with Crippen molar-refractivity contribution in [1.82, 2.24) is 24.9 Å². The van der Waals surface area contributed by atoms with Crippen molar-refractivity contribution in [3.63, 3.8) is 0 Å². The van der Waals surface area contributed by atoms with E-state index in [-0.39, 0.29) is 18.9 Å². The van der Waals surface area contributed by atoms with Gasteiger partial charge in [0.15, 0.2) is 18.1 Å². The molecule has 33 heavy (non-hydrogen) atoms. The van der Waals surface area contributed by atoms with Crippen LogP contribution in [0.2, 0.25) is 0 Å². The quantitative estimate of drug-likeness (QED) is 0.563. The summed E-state index contributed by atoms with van der Waals surface area (Å²) >= 11 is 0. The van der Waals surface area contributed by atoms with Crippen molar-refractivity contribution in [1.29, 1.82) is 0 Å². The molecule has 1 N–H and O–H groups in total. The van der Waals surface area contributed by atoms with Crippen molar-refractivity contribution >= 4 is 22.9 Å². The van der Waals surface area contributed by atoms with Crippen molar-refractivity contribution in [2.24, 2.45) is 0 Å². The summed E-state index contributed by atoms with van der Waals surface area (Å²) in [5.74, 6) is 1.30. The molecule has 0 radical (unpaired) electrons. The van der Waals surface area contributed by atoms with Gasteiger partial charge in [0.2, 0.25) is 0 Å². The van der Waals surface area contributed by atoms with E-state index < -0.39 is 5.60 Å². The third kappa shape index (κ3) is 4.85. The average molecular weight is 455 g/mol. The minimum atomic E-state index is -0.532. The zero-order valence-corrected chi connectivity index (χ0v) is 19.7. The summed E-state index contributed by atoms with van der Waals surface area (Å²) in [4.78, 5) is 14.3. The number of carbonyl (C=O) groups is 1. The molecule has 3 heterocycles. The number of benzene rings is 1. The Morgan fingerprint density at radius 2 is 2.03 bits per heavy atom. The standard InChI is InChI=1S/C23H30N6O4/c1-23(2,3)33-22(30)28-11-10-15(13-28)29-18-12-17(25-26-20(18)21(24-4)27-29)16-8-6-7-9-19(16)32-14-31-5/h6-9,12,15H,10-11,13-14H2,1-5H3,(H,24,27). The van der Waals surface area contributed by atoms with E-state index in [9.17, 15) is 4.79 Å². The van der Waals surface area contributed by atoms with E-state index in [2.05, 4.69) is 15.5 Å². The van der Waals surface area contributed by atoms with Crippen LogP contribution in [0.3, 0.4) is 0 Å². The maximum atomic E-state index is 12.5. The summed E-state index contributed by atoms with van der Waals surface area (Å²) in [5.41, 5.74) is 2.45. The highest BCUT2D eigenvalue weighted by molar-refractivity contribution is 5.88. The number of hydrogen-bond acceptors (Lipinski definition) is 8. The van der Waals surface area contributed by atoms with Gasteiger partial charge in [0, 0.05) is 32.8 Å². The topological polar surface area (TPSA) is 104 Å². The Bertz CT molecular complexity index is 1140. The fourth-order valence-corrected chi connectivity index (χ4v) is 3.87. The lowest BCUT2D eigenvalue weighted by Gasteiger charge is -2.24. The summed E-state index contributed by atoms with van der Waals surface area (Å²) in [6.45, 7) is 6.86. The molecule has 1 aliphatic heterocycles. The fraction of sp³-hybridized carbons (Fsp3) is 0.478. The second-order valence-corrected chi connectivity index (χ2v) is 8.92. The second-order valence-electron chi connectivity index (χ2n) is 8.92. The number of nitrogens with one attached hydrogen (secondary N) is 1. The number of aromatic nitrogens is 4. The van der Waals surface area contributed by atoms with Gasteiger partial charge < -0.3 is 24.4 Å². The van der Waals surface area contributed by atoms with E-state index in [1.807, 2.05) is 55.8 Å². The zero-order chi connectivity index (χ0) is 23.6. The largest absolute Gasteiger partial charge is 0.467 e. The van der Waals surface area contributed by atoms with E-state index in [4.69, 9.17) is 19.3 Å². The van der Waals surface area contributed by atoms with E-state index in [1.165, 1.54) is 0 Å². The number of para-hydroxylation sites is 1. The lowest BCUT2D eigenvalue weighted by atomic mass is 10.1. The summed E-state index contributed by atoms with van der Waals surface area (Å²) in [6.07, 6.45) is 0.463. The van der Waals surface area contributed by atoms with Crippen LogP contribution in [0.25, 0.3) is 22.3 Å². The molecule has 1 unspecified atom stereocenters. The van der Waals surface area contributed by atoms with Crippen LogP contribution in [0.4, 0.5) is 10.6 Å². The molecule has 3 aromatic rings. The summed E-state index contributed by atoms with van der Waals surface area (Å²) < 4.78 is 18.2. The first-order chi connectivity index (χ1) is 15.8. The van der Waals surface area contributed by atoms with Crippen molar-refractivity contribution in [2.45, 2.75) is 38.8 Å². The van der Waals surface area contributed by atoms with E-state index in [0.29, 0.717) is 35.9 Å². The molecule has 10 heteroatoms. The van der Waals surface area contributed by atoms with Gasteiger partial charge >= 0.3 is 6.09 Å². The first-order valence-corrected chi connectivity index (χ1v) is 10.9. The number of fused-ring (bicyclic) bond motifs is 1. The van der Waals surface area contributed by atoms with Gasteiger partial charge in [0.25, 0.3) is 0 Å². The van der Waals surface area contributed by atoms with E-state index in [0.717, 1.165) is 17.5 Å². The number of methoxy groups -OCH3 is 1. The highest BCUT2D eigenvalue weighted by atomic mass is 16.7. The third-order valence-electron chi connectivity index (χ3n) is 5.35. The van der Waals surface area contributed by atoms with Crippen molar-refractivity contribution in [2.75, 3.05) is 39.4 Å². The molecule has 0 bridgehead atoms. The van der Waals surface area contributed by atoms with Crippen LogP contribution in [-0.4, -0.2) is 70.6 Å². The van der Waals surface area contributed by atoms with Gasteiger partial charge in [-0.1, -0.05) is 12.1 Å². The molecule has 1 fully saturated rings. The maximum Gasteiger partial charge on any atom is 0.410 e. The lowest BCUT2D eigenvalue weighted by molar-refractivity contribution is 0.0288. The maximum absolute atomic E-state index is 12.5. The predicted octanol–water partition coefficient (Wildman–Crippen LogP) is 3.70. The molecule has 0 saturated carbocycles. The van der Waals surface area contributed by atoms with Crippen LogP contribution in [0.1, 0.15) is 33.2 Å². The van der Waals surface area contributed by atoms with Gasteiger partial charge in [-0.3, -0.25) is 4.68 Å². The smallest absolute Gasteiger partial charge is 0.410 e. The van der Waals surface area contributed by atoms with Gasteiger partial charge in [-0.05, 0) is 45.4 Å². The molecule has 1 atom stereocenters. The molecule has 0 spiro atoms. The summed E-state index contributed by atoms with van der Waals surface area (Å²) in [6, 6.07) is 9.58. The molecule has 1 aliphatic rings. The molecule has 176 valence electrons. The number of carbonyl (C=O) groups excluding carboxylic acids is 1. The monoisotopic (exact) mass is 454 g/mol. The number of amides is 1. The van der Waals surface area contributed by atoms with Gasteiger partial charge in [0.1, 0.15) is 11.4 Å². The van der Waals surface area contributed by atoms with Crippen LogP contribution < -0.4 is 10.1 Å². The van der Waals surface area contributed by atoms with Crippen LogP contribution in [0, 0.1) is 0 Å². The van der Waals surface area contributed by atoms with Crippen molar-refractivity contribution in [3.05, 3.63) is 30.3 Å². The first-order valence-electron chi connectivity index (χ1n) is 10.9. The highest BCUT2D eigenvalue weighted by Crippen LogP contribution is 2.33. The molecular weight excluding hydrogens is 424 g/mol. The Kier molecular flexibility index (Phi) is 6.37. The fourth-order valence-electron chi connectivity index (χ4n) is 3.87. The Hall–Kier alpha value is -3.40. The molecule has 0 aliphatic carbocycles. The van der Waals surface area contributed by atoms with Gasteiger partial charge in [0.05, 0.1) is 17.3 Å². The van der Waals surface area contributed by atoms with E-state index in [1.54, 1.807) is 19.1 Å². The zero-order valence-electron chi connectivity index (χ0n) is 19.7. The SMILES string of the molecule is CNc1nn(C2CCN(C(=O)OC(C)(C)C)C2)c2cc(-c3ccccc3OCOC)nnc12. The van der Waals surface area contributed by atoms with Gasteiger partial charge in [-0.2, -0.15) is 5.10 Å². The average Bonchev–Trinajstić information content (AvgIpc) is 3.41. The van der Waals surface area contributed by atoms with Gasteiger partial charge in [-0.15, -0.1) is 10.2 Å². The van der Waals surface area contributed by atoms with Crippen molar-refractivity contribution < 1.29 is 19.0 Å². The molecule has 1 saturated heterocycles. The molecule has 2 aromatic heterocycles. The van der Waals surface area contributed by atoms with Crippen LogP contribution in [0.5, 0.6) is 5.75 Å². The number of ether oxygens (including phenoxy) is 3. The molecule has 4 rings (SSSR count). The Balaban J connectivity index is 1.67. The summed E-state index contributed by atoms with van der Waals surface area (Å²) in [5, 5.41) is 16.7. The number of likely N-dealkylation sites (tertiary alicyclic amines) is 1. The molecule has 1 aromatic carbocycles. The second kappa shape index (κ2) is 9.22. The van der Waals surface area contributed by atoms with Crippen molar-refractivity contribution in [3.8, 4) is 17.0 Å². The minimum Gasteiger partial charge on any atom is -0.467 e. The highest BCUT2D eigenvalue weighted by Gasteiger charge is 2.32. The predicted molar refractivity (Wildman–Crippen MR) is 124 cm³/mol. The van der Waals surface area contributed by atoms with Crippen LogP contribution in [0.15, 0.2) is 30.3 Å². The minimum absolute atomic E-state index is 0.000784. The first kappa shape index (κ1) is 22.8. The normalized spacial score (nSPS) is 16.3. The molecule has 1 amide bonds. The number of anilines is 1. The third-order valence-corrected chi connectivity index (χ3v) is 5.35. The number of hydrogen-bond donors (Lipinski definition) is 1. The molecule has 10 nitrogen and oxygen atoms in total. The Labute approximate surface area is 192 Å². The Morgan fingerprint density at radius 1 is 1.24 bits per heavy atom. The number of nitrogens with zero attached hydrogens (tertiary/aromatic N) is 5. The molecular formula is C23H30N6O4. The number of rotatable bonds is 6. The van der Waals surface area contributed by atoms with Crippen LogP contribution in [-0.2, 0) is 9.47 Å². The van der Waals surface area contributed by atoms with Gasteiger partial charge in [-0.25, -0.2) is 4.79 Å². The lowest BCUT2D eigenvalue weighted by Crippen LogP contribution is -2.35. The summed E-state index contributed by atoms with van der Waals surface area (Å²) in [7, 11) is 3.38. The Morgan fingerprint density at radius 3 is 2.76 bits per heavy atom. The van der Waals surface area contributed by atoms with E-state index >= 15 is 0 Å².